The van der Waals surface area contributed by atoms with E-state index in [1.165, 1.54) is 0 Å². The number of urea groups is 1. The zero-order valence-corrected chi connectivity index (χ0v) is 17.0. The first-order valence-corrected chi connectivity index (χ1v) is 9.48. The first kappa shape index (κ1) is 20.7. The lowest BCUT2D eigenvalue weighted by atomic mass is 9.92. The van der Waals surface area contributed by atoms with E-state index in [1.54, 1.807) is 38.3 Å². The van der Waals surface area contributed by atoms with Gasteiger partial charge in [0, 0.05) is 18.0 Å². The van der Waals surface area contributed by atoms with Gasteiger partial charge in [0.05, 0.1) is 7.11 Å². The van der Waals surface area contributed by atoms with Gasteiger partial charge in [-0.25, -0.2) is 4.79 Å². The predicted molar refractivity (Wildman–Crippen MR) is 109 cm³/mol. The van der Waals surface area contributed by atoms with Crippen molar-refractivity contribution in [2.45, 2.75) is 25.4 Å². The van der Waals surface area contributed by atoms with Crippen LogP contribution in [0.4, 0.5) is 4.79 Å². The van der Waals surface area contributed by atoms with Gasteiger partial charge < -0.3 is 15.4 Å². The second-order valence-corrected chi connectivity index (χ2v) is 7.42. The molecule has 3 rings (SSSR count). The Morgan fingerprint density at radius 3 is 2.48 bits per heavy atom. The van der Waals surface area contributed by atoms with Crippen molar-refractivity contribution in [2.75, 3.05) is 13.7 Å². The van der Waals surface area contributed by atoms with Crippen LogP contribution in [-0.2, 0) is 22.6 Å². The number of halogens is 1. The molecule has 1 saturated heterocycles. The van der Waals surface area contributed by atoms with Crippen molar-refractivity contribution in [1.29, 1.82) is 0 Å². The molecule has 0 aliphatic carbocycles. The molecule has 1 heterocycles. The zero-order valence-electron chi connectivity index (χ0n) is 16.2. The molecule has 8 heteroatoms. The highest BCUT2D eigenvalue weighted by atomic mass is 35.5. The Morgan fingerprint density at radius 2 is 1.79 bits per heavy atom. The van der Waals surface area contributed by atoms with Gasteiger partial charge in [-0.15, -0.1) is 0 Å². The Morgan fingerprint density at radius 1 is 1.14 bits per heavy atom. The predicted octanol–water partition coefficient (Wildman–Crippen LogP) is 2.52. The summed E-state index contributed by atoms with van der Waals surface area (Å²) in [5.74, 6) is -0.275. The molecule has 2 aromatic carbocycles. The molecule has 0 aromatic heterocycles. The summed E-state index contributed by atoms with van der Waals surface area (Å²) in [6, 6.07) is 13.8. The van der Waals surface area contributed by atoms with Gasteiger partial charge in [0.2, 0.25) is 5.91 Å². The number of hydrogen-bond acceptors (Lipinski definition) is 4. The van der Waals surface area contributed by atoms with E-state index in [4.69, 9.17) is 16.3 Å². The third kappa shape index (κ3) is 4.51. The summed E-state index contributed by atoms with van der Waals surface area (Å²) in [6.45, 7) is 1.48. The van der Waals surface area contributed by atoms with E-state index >= 15 is 0 Å². The zero-order chi connectivity index (χ0) is 21.0. The van der Waals surface area contributed by atoms with Gasteiger partial charge in [-0.3, -0.25) is 14.5 Å². The van der Waals surface area contributed by atoms with Crippen LogP contribution in [0.15, 0.2) is 48.5 Å². The highest BCUT2D eigenvalue weighted by Crippen LogP contribution is 2.27. The minimum Gasteiger partial charge on any atom is -0.496 e. The van der Waals surface area contributed by atoms with Crippen molar-refractivity contribution in [2.24, 2.45) is 0 Å². The number of nitrogens with zero attached hydrogens (tertiary/aromatic N) is 1. The molecule has 0 radical (unpaired) electrons. The molecule has 0 spiro atoms. The van der Waals surface area contributed by atoms with Gasteiger partial charge in [-0.2, -0.15) is 0 Å². The van der Waals surface area contributed by atoms with E-state index in [9.17, 15) is 14.4 Å². The van der Waals surface area contributed by atoms with Crippen LogP contribution in [-0.4, -0.2) is 41.9 Å². The van der Waals surface area contributed by atoms with Crippen LogP contribution in [0.3, 0.4) is 0 Å². The maximum absolute atomic E-state index is 12.9. The normalized spacial score (nSPS) is 18.5. The Balaban J connectivity index is 1.65. The summed E-state index contributed by atoms with van der Waals surface area (Å²) in [5.41, 5.74) is 0.381. The van der Waals surface area contributed by atoms with E-state index in [1.807, 2.05) is 24.3 Å². The molecule has 2 aromatic rings. The maximum atomic E-state index is 12.9. The summed E-state index contributed by atoms with van der Waals surface area (Å²) in [6.07, 6.45) is 0.249. The first-order chi connectivity index (χ1) is 13.8. The van der Waals surface area contributed by atoms with Gasteiger partial charge in [0.15, 0.2) is 0 Å². The van der Waals surface area contributed by atoms with E-state index < -0.39 is 23.4 Å². The lowest BCUT2D eigenvalue weighted by Crippen LogP contribution is -2.46. The number of carbonyl (C=O) groups excluding carboxylic acids is 3. The molecule has 0 saturated carbocycles. The SMILES string of the molecule is COc1ccccc1C[C@@]1(C)NC(=O)N(CC(=O)NCc2ccccc2Cl)C1=O. The standard InChI is InChI=1S/C21H22ClN3O4/c1-21(11-14-7-4-6-10-17(14)29-2)19(27)25(20(28)24-21)13-18(26)23-12-15-8-3-5-9-16(15)22/h3-10H,11-13H2,1-2H3,(H,23,26)(H,24,28)/t21-/m1/s1. The summed E-state index contributed by atoms with van der Waals surface area (Å²) >= 11 is 6.07. The van der Waals surface area contributed by atoms with Crippen molar-refractivity contribution in [3.8, 4) is 5.75 Å². The van der Waals surface area contributed by atoms with E-state index in [2.05, 4.69) is 10.6 Å². The van der Waals surface area contributed by atoms with Crippen LogP contribution >= 0.6 is 11.6 Å². The maximum Gasteiger partial charge on any atom is 0.325 e. The minimum absolute atomic E-state index is 0.209. The lowest BCUT2D eigenvalue weighted by molar-refractivity contribution is -0.134. The highest BCUT2D eigenvalue weighted by molar-refractivity contribution is 6.31. The van der Waals surface area contributed by atoms with Crippen LogP contribution in [0.2, 0.25) is 5.02 Å². The first-order valence-electron chi connectivity index (χ1n) is 9.10. The Kier molecular flexibility index (Phi) is 6.08. The van der Waals surface area contributed by atoms with Crippen LogP contribution < -0.4 is 15.4 Å². The van der Waals surface area contributed by atoms with Crippen molar-refractivity contribution in [1.82, 2.24) is 15.5 Å². The molecule has 2 N–H and O–H groups in total. The summed E-state index contributed by atoms with van der Waals surface area (Å²) in [7, 11) is 1.55. The van der Waals surface area contributed by atoms with E-state index in [0.717, 1.165) is 16.0 Å². The number of para-hydroxylation sites is 1. The lowest BCUT2D eigenvalue weighted by Gasteiger charge is -2.22. The van der Waals surface area contributed by atoms with Gasteiger partial charge in [-0.1, -0.05) is 48.0 Å². The molecule has 152 valence electrons. The smallest absolute Gasteiger partial charge is 0.325 e. The summed E-state index contributed by atoms with van der Waals surface area (Å²) in [5, 5.41) is 5.92. The Labute approximate surface area is 174 Å². The van der Waals surface area contributed by atoms with Crippen molar-refractivity contribution < 1.29 is 19.1 Å². The van der Waals surface area contributed by atoms with Gasteiger partial charge in [0.25, 0.3) is 5.91 Å². The number of rotatable bonds is 7. The van der Waals surface area contributed by atoms with Crippen LogP contribution in [0.1, 0.15) is 18.1 Å². The molecular weight excluding hydrogens is 394 g/mol. The van der Waals surface area contributed by atoms with Gasteiger partial charge >= 0.3 is 6.03 Å². The van der Waals surface area contributed by atoms with Gasteiger partial charge in [-0.05, 0) is 30.2 Å². The highest BCUT2D eigenvalue weighted by Gasteiger charge is 2.48. The third-order valence-corrected chi connectivity index (χ3v) is 5.19. The summed E-state index contributed by atoms with van der Waals surface area (Å²) in [4.78, 5) is 38.5. The van der Waals surface area contributed by atoms with E-state index in [-0.39, 0.29) is 19.5 Å². The van der Waals surface area contributed by atoms with Crippen LogP contribution in [0, 0.1) is 0 Å². The molecule has 29 heavy (non-hydrogen) atoms. The number of imide groups is 1. The van der Waals surface area contributed by atoms with Gasteiger partial charge in [0.1, 0.15) is 17.8 Å². The molecule has 4 amide bonds. The quantitative estimate of drug-likeness (QED) is 0.680. The fourth-order valence-electron chi connectivity index (χ4n) is 3.28. The topological polar surface area (TPSA) is 87.7 Å². The number of methoxy groups -OCH3 is 1. The number of ether oxygens (including phenoxy) is 1. The average molecular weight is 416 g/mol. The Bertz CT molecular complexity index is 949. The Hall–Kier alpha value is -3.06. The second-order valence-electron chi connectivity index (χ2n) is 7.01. The number of amides is 4. The molecule has 1 atom stereocenters. The summed E-state index contributed by atoms with van der Waals surface area (Å²) < 4.78 is 5.33. The monoisotopic (exact) mass is 415 g/mol. The minimum atomic E-state index is -1.16. The van der Waals surface area contributed by atoms with Crippen molar-refractivity contribution >= 4 is 29.4 Å². The molecule has 1 aliphatic heterocycles. The molecule has 1 fully saturated rings. The third-order valence-electron chi connectivity index (χ3n) is 4.82. The van der Waals surface area contributed by atoms with Crippen LogP contribution in [0.25, 0.3) is 0 Å². The number of nitrogens with one attached hydrogen (secondary N) is 2. The average Bonchev–Trinajstić information content (AvgIpc) is 2.90. The number of carbonyl (C=O) groups is 3. The number of hydrogen-bond donors (Lipinski definition) is 2. The molecule has 0 unspecified atom stereocenters. The largest absolute Gasteiger partial charge is 0.496 e. The molecule has 0 bridgehead atoms. The number of benzene rings is 2. The van der Waals surface area contributed by atoms with Crippen molar-refractivity contribution in [3.63, 3.8) is 0 Å². The molecule has 1 aliphatic rings. The van der Waals surface area contributed by atoms with E-state index in [0.29, 0.717) is 10.8 Å². The van der Waals surface area contributed by atoms with Crippen LogP contribution in [0.5, 0.6) is 5.75 Å². The fourth-order valence-corrected chi connectivity index (χ4v) is 3.48. The second kappa shape index (κ2) is 8.53. The molecular formula is C21H22ClN3O4. The van der Waals surface area contributed by atoms with Crippen molar-refractivity contribution in [3.05, 3.63) is 64.7 Å². The fraction of sp³-hybridized carbons (Fsp3) is 0.286. The molecule has 7 nitrogen and oxygen atoms in total.